The van der Waals surface area contributed by atoms with Gasteiger partial charge in [-0.25, -0.2) is 4.98 Å². The Balaban J connectivity index is 2.07. The summed E-state index contributed by atoms with van der Waals surface area (Å²) in [6, 6.07) is 8.96. The summed E-state index contributed by atoms with van der Waals surface area (Å²) in [6.07, 6.45) is 4.11. The van der Waals surface area contributed by atoms with E-state index in [1.807, 2.05) is 12.1 Å². The molecule has 0 unspecified atom stereocenters. The molecule has 3 rings (SSSR count). The van der Waals surface area contributed by atoms with Crippen LogP contribution in [0.15, 0.2) is 53.6 Å². The van der Waals surface area contributed by atoms with Gasteiger partial charge in [-0.2, -0.15) is 9.78 Å². The molecule has 0 aliphatic heterocycles. The van der Waals surface area contributed by atoms with Crippen LogP contribution in [-0.2, 0) is 11.2 Å². The van der Waals surface area contributed by atoms with E-state index in [4.69, 9.17) is 4.74 Å². The average Bonchev–Trinajstić information content (AvgIpc) is 2.69. The highest BCUT2D eigenvalue weighted by atomic mass is 79.9. The number of aromatic nitrogens is 2. The number of nitrogens with zero attached hydrogens (tertiary/aromatic N) is 3. The van der Waals surface area contributed by atoms with Gasteiger partial charge in [-0.1, -0.05) is 29.3 Å². The molecule has 2 aromatic carbocycles. The van der Waals surface area contributed by atoms with Gasteiger partial charge in [0.15, 0.2) is 5.75 Å². The Kier molecular flexibility index (Phi) is 7.60. The number of carbonyl (C=O) groups is 1. The van der Waals surface area contributed by atoms with Crippen molar-refractivity contribution in [2.24, 2.45) is 5.10 Å². The molecular weight excluding hydrogens is 582 g/mol. The van der Waals surface area contributed by atoms with E-state index in [1.165, 1.54) is 11.6 Å². The van der Waals surface area contributed by atoms with Gasteiger partial charge in [0, 0.05) is 17.8 Å². The lowest BCUT2D eigenvalue weighted by Gasteiger charge is -2.10. The molecule has 0 radical (unpaired) electrons. The van der Waals surface area contributed by atoms with Crippen LogP contribution in [0.3, 0.4) is 0 Å². The summed E-state index contributed by atoms with van der Waals surface area (Å²) >= 11 is 10.2. The minimum absolute atomic E-state index is 0.224. The molecule has 0 N–H and O–H groups in total. The van der Waals surface area contributed by atoms with Gasteiger partial charge >= 0.3 is 5.97 Å². The zero-order chi connectivity index (χ0) is 21.8. The number of esters is 1. The fourth-order valence-electron chi connectivity index (χ4n) is 2.83. The first-order valence-electron chi connectivity index (χ1n) is 9.23. The third kappa shape index (κ3) is 5.25. The zero-order valence-electron chi connectivity index (χ0n) is 16.3. The maximum Gasteiger partial charge on any atom is 0.308 e. The molecule has 6 nitrogen and oxygen atoms in total. The highest BCUT2D eigenvalue weighted by Gasteiger charge is 2.13. The number of halogens is 3. The summed E-state index contributed by atoms with van der Waals surface area (Å²) in [7, 11) is 0. The predicted octanol–water partition coefficient (Wildman–Crippen LogP) is 5.83. The van der Waals surface area contributed by atoms with E-state index in [1.54, 1.807) is 24.4 Å². The maximum atomic E-state index is 13.1. The van der Waals surface area contributed by atoms with E-state index in [2.05, 4.69) is 64.8 Å². The van der Waals surface area contributed by atoms with E-state index in [-0.39, 0.29) is 5.56 Å². The minimum atomic E-state index is -0.418. The molecule has 1 heterocycles. The Labute approximate surface area is 198 Å². The van der Waals surface area contributed by atoms with Crippen molar-refractivity contribution in [3.05, 3.63) is 65.5 Å². The van der Waals surface area contributed by atoms with Crippen molar-refractivity contribution < 1.29 is 9.53 Å². The van der Waals surface area contributed by atoms with E-state index in [9.17, 15) is 9.59 Å². The standard InChI is InChI=1S/C21H18Br3N3O3/c1-3-4-5-19-26-18-7-6-14(22)10-15(18)21(29)27(19)25-11-13-8-16(23)20(17(24)9-13)30-12(2)28/h6-11H,3-5H2,1-2H3. The van der Waals surface area contributed by atoms with Crippen molar-refractivity contribution in [1.82, 2.24) is 9.66 Å². The van der Waals surface area contributed by atoms with Crippen molar-refractivity contribution in [3.63, 3.8) is 0 Å². The summed E-state index contributed by atoms with van der Waals surface area (Å²) in [4.78, 5) is 29.0. The lowest BCUT2D eigenvalue weighted by atomic mass is 10.2. The van der Waals surface area contributed by atoms with Crippen molar-refractivity contribution in [2.75, 3.05) is 0 Å². The number of unbranched alkanes of at least 4 members (excludes halogenated alkanes) is 1. The number of ether oxygens (including phenoxy) is 1. The summed E-state index contributed by atoms with van der Waals surface area (Å²) in [5.74, 6) is 0.582. The predicted molar refractivity (Wildman–Crippen MR) is 128 cm³/mol. The Morgan fingerprint density at radius 3 is 2.53 bits per heavy atom. The second-order valence-corrected chi connectivity index (χ2v) is 9.19. The number of hydrogen-bond acceptors (Lipinski definition) is 5. The number of hydrogen-bond donors (Lipinski definition) is 0. The summed E-state index contributed by atoms with van der Waals surface area (Å²) in [5, 5.41) is 4.93. The van der Waals surface area contributed by atoms with Gasteiger partial charge in [0.2, 0.25) is 0 Å². The van der Waals surface area contributed by atoms with Gasteiger partial charge in [0.25, 0.3) is 5.56 Å². The zero-order valence-corrected chi connectivity index (χ0v) is 21.0. The van der Waals surface area contributed by atoms with E-state index < -0.39 is 5.97 Å². The second kappa shape index (κ2) is 9.98. The second-order valence-electron chi connectivity index (χ2n) is 6.56. The maximum absolute atomic E-state index is 13.1. The smallest absolute Gasteiger partial charge is 0.308 e. The largest absolute Gasteiger partial charge is 0.424 e. The molecule has 0 saturated heterocycles. The Bertz CT molecular complexity index is 1180. The molecule has 0 aliphatic rings. The van der Waals surface area contributed by atoms with Crippen LogP contribution in [0.2, 0.25) is 0 Å². The number of aryl methyl sites for hydroxylation is 1. The molecule has 0 amide bonds. The summed E-state index contributed by atoms with van der Waals surface area (Å²) < 4.78 is 8.53. The molecule has 1 aromatic heterocycles. The van der Waals surface area contributed by atoms with Crippen molar-refractivity contribution in [2.45, 2.75) is 33.1 Å². The summed E-state index contributed by atoms with van der Waals surface area (Å²) in [5.41, 5.74) is 1.14. The van der Waals surface area contributed by atoms with Crippen molar-refractivity contribution in [3.8, 4) is 5.75 Å². The van der Waals surface area contributed by atoms with E-state index in [0.717, 1.165) is 17.3 Å². The first-order valence-corrected chi connectivity index (χ1v) is 11.6. The molecule has 3 aromatic rings. The Morgan fingerprint density at radius 1 is 1.20 bits per heavy atom. The van der Waals surface area contributed by atoms with Gasteiger partial charge in [-0.05, 0) is 74.2 Å². The molecule has 30 heavy (non-hydrogen) atoms. The summed E-state index contributed by atoms with van der Waals surface area (Å²) in [6.45, 7) is 3.42. The fourth-order valence-corrected chi connectivity index (χ4v) is 4.58. The molecule has 0 atom stereocenters. The van der Waals surface area contributed by atoms with Crippen LogP contribution in [0, 0.1) is 0 Å². The monoisotopic (exact) mass is 597 g/mol. The number of benzene rings is 2. The van der Waals surface area contributed by atoms with E-state index in [0.29, 0.717) is 43.4 Å². The van der Waals surface area contributed by atoms with Gasteiger partial charge in [-0.3, -0.25) is 9.59 Å². The van der Waals surface area contributed by atoms with Gasteiger partial charge in [0.05, 0.1) is 26.1 Å². The molecule has 0 fully saturated rings. The third-order valence-corrected chi connectivity index (χ3v) is 5.89. The van der Waals surface area contributed by atoms with E-state index >= 15 is 0 Å². The van der Waals surface area contributed by atoms with Gasteiger partial charge < -0.3 is 4.74 Å². The van der Waals surface area contributed by atoms with Crippen molar-refractivity contribution in [1.29, 1.82) is 0 Å². The number of carbonyl (C=O) groups excluding carboxylic acids is 1. The molecule has 0 aliphatic carbocycles. The molecular formula is C21H18Br3N3O3. The molecule has 0 bridgehead atoms. The van der Waals surface area contributed by atoms with Crippen LogP contribution in [-0.4, -0.2) is 21.8 Å². The fraction of sp³-hybridized carbons (Fsp3) is 0.238. The van der Waals surface area contributed by atoms with Crippen LogP contribution in [0.1, 0.15) is 38.1 Å². The van der Waals surface area contributed by atoms with Crippen LogP contribution in [0.4, 0.5) is 0 Å². The molecule has 156 valence electrons. The first-order chi connectivity index (χ1) is 14.3. The highest BCUT2D eigenvalue weighted by molar-refractivity contribution is 9.11. The first kappa shape index (κ1) is 22.8. The Hall–Kier alpha value is -1.84. The average molecular weight is 600 g/mol. The third-order valence-electron chi connectivity index (χ3n) is 4.22. The molecule has 0 spiro atoms. The minimum Gasteiger partial charge on any atom is -0.424 e. The van der Waals surface area contributed by atoms with Crippen LogP contribution >= 0.6 is 47.8 Å². The van der Waals surface area contributed by atoms with Crippen molar-refractivity contribution >= 4 is 70.9 Å². The van der Waals surface area contributed by atoms with Crippen LogP contribution in [0.25, 0.3) is 10.9 Å². The van der Waals surface area contributed by atoms with Gasteiger partial charge in [-0.15, -0.1) is 0 Å². The quantitative estimate of drug-likeness (QED) is 0.203. The highest BCUT2D eigenvalue weighted by Crippen LogP contribution is 2.34. The lowest BCUT2D eigenvalue weighted by Crippen LogP contribution is -2.22. The topological polar surface area (TPSA) is 73.6 Å². The molecule has 0 saturated carbocycles. The SMILES string of the molecule is CCCCc1nc2ccc(Br)cc2c(=O)n1N=Cc1cc(Br)c(OC(C)=O)c(Br)c1. The normalized spacial score (nSPS) is 11.4. The van der Waals surface area contributed by atoms with Crippen LogP contribution in [0.5, 0.6) is 5.75 Å². The van der Waals surface area contributed by atoms with Gasteiger partial charge in [0.1, 0.15) is 5.82 Å². The number of fused-ring (bicyclic) bond motifs is 1. The Morgan fingerprint density at radius 2 is 1.90 bits per heavy atom. The lowest BCUT2D eigenvalue weighted by molar-refractivity contribution is -0.131. The van der Waals surface area contributed by atoms with Crippen LogP contribution < -0.4 is 10.3 Å². The molecule has 9 heteroatoms. The number of rotatable bonds is 6.